The molecule has 0 amide bonds. The number of hydrogen-bond acceptors (Lipinski definition) is 3. The van der Waals surface area contributed by atoms with Crippen LogP contribution in [0.1, 0.15) is 22.5 Å². The summed E-state index contributed by atoms with van der Waals surface area (Å²) in [6.07, 6.45) is 3.21. The van der Waals surface area contributed by atoms with Crippen LogP contribution in [0.5, 0.6) is 0 Å². The number of benzene rings is 1. The summed E-state index contributed by atoms with van der Waals surface area (Å²) in [6, 6.07) is 13.0. The zero-order valence-corrected chi connectivity index (χ0v) is 12.9. The van der Waals surface area contributed by atoms with Crippen LogP contribution in [0.25, 0.3) is 0 Å². The van der Waals surface area contributed by atoms with E-state index >= 15 is 0 Å². The SMILES string of the molecule is CN(CCC(=O)c1ccc(Cl)cc1)CCc1ccccn1. The molecule has 1 aromatic heterocycles. The number of ketones is 1. The molecule has 3 nitrogen and oxygen atoms in total. The molecule has 0 unspecified atom stereocenters. The summed E-state index contributed by atoms with van der Waals surface area (Å²) in [6.45, 7) is 1.64. The number of nitrogens with zero attached hydrogens (tertiary/aromatic N) is 2. The summed E-state index contributed by atoms with van der Waals surface area (Å²) < 4.78 is 0. The lowest BCUT2D eigenvalue weighted by Gasteiger charge is -2.15. The Labute approximate surface area is 130 Å². The van der Waals surface area contributed by atoms with Crippen LogP contribution in [0.3, 0.4) is 0 Å². The number of rotatable bonds is 7. The van der Waals surface area contributed by atoms with Crippen LogP contribution in [0, 0.1) is 0 Å². The van der Waals surface area contributed by atoms with Crippen molar-refractivity contribution in [3.63, 3.8) is 0 Å². The molecule has 0 spiro atoms. The standard InChI is InChI=1S/C17H19ClN2O/c1-20(12-9-16-4-2-3-11-19-16)13-10-17(21)14-5-7-15(18)8-6-14/h2-8,11H,9-10,12-13H2,1H3. The lowest BCUT2D eigenvalue weighted by Crippen LogP contribution is -2.24. The number of pyridine rings is 1. The van der Waals surface area contributed by atoms with Gasteiger partial charge in [-0.25, -0.2) is 0 Å². The third kappa shape index (κ3) is 5.29. The van der Waals surface area contributed by atoms with Gasteiger partial charge >= 0.3 is 0 Å². The molecule has 0 saturated carbocycles. The van der Waals surface area contributed by atoms with Crippen molar-refractivity contribution in [2.75, 3.05) is 20.1 Å². The molecular formula is C17H19ClN2O. The second-order valence-electron chi connectivity index (χ2n) is 5.05. The van der Waals surface area contributed by atoms with Crippen molar-refractivity contribution in [2.45, 2.75) is 12.8 Å². The Morgan fingerprint density at radius 1 is 1.14 bits per heavy atom. The number of aromatic nitrogens is 1. The maximum atomic E-state index is 12.1. The first kappa shape index (κ1) is 15.7. The molecule has 4 heteroatoms. The second kappa shape index (κ2) is 7.91. The fourth-order valence-corrected chi connectivity index (χ4v) is 2.16. The van der Waals surface area contributed by atoms with Crippen molar-refractivity contribution in [3.05, 3.63) is 64.9 Å². The van der Waals surface area contributed by atoms with Crippen molar-refractivity contribution in [3.8, 4) is 0 Å². The Morgan fingerprint density at radius 2 is 1.90 bits per heavy atom. The smallest absolute Gasteiger partial charge is 0.164 e. The van der Waals surface area contributed by atoms with E-state index in [1.54, 1.807) is 30.5 Å². The van der Waals surface area contributed by atoms with Gasteiger partial charge in [-0.05, 0) is 43.4 Å². The molecule has 0 atom stereocenters. The summed E-state index contributed by atoms with van der Waals surface area (Å²) in [5, 5.41) is 0.652. The van der Waals surface area contributed by atoms with Crippen molar-refractivity contribution in [1.29, 1.82) is 0 Å². The Morgan fingerprint density at radius 3 is 2.57 bits per heavy atom. The largest absolute Gasteiger partial charge is 0.306 e. The van der Waals surface area contributed by atoms with Crippen LogP contribution in [-0.2, 0) is 6.42 Å². The fourth-order valence-electron chi connectivity index (χ4n) is 2.04. The molecule has 21 heavy (non-hydrogen) atoms. The van der Waals surface area contributed by atoms with E-state index < -0.39 is 0 Å². The predicted octanol–water partition coefficient (Wildman–Crippen LogP) is 3.48. The van der Waals surface area contributed by atoms with Crippen LogP contribution >= 0.6 is 11.6 Å². The van der Waals surface area contributed by atoms with Gasteiger partial charge in [-0.15, -0.1) is 0 Å². The van der Waals surface area contributed by atoms with E-state index in [4.69, 9.17) is 11.6 Å². The predicted molar refractivity (Wildman–Crippen MR) is 85.8 cm³/mol. The molecule has 2 rings (SSSR count). The molecular weight excluding hydrogens is 284 g/mol. The molecule has 0 radical (unpaired) electrons. The first-order valence-corrected chi connectivity index (χ1v) is 7.40. The highest BCUT2D eigenvalue weighted by atomic mass is 35.5. The van der Waals surface area contributed by atoms with E-state index in [9.17, 15) is 4.79 Å². The van der Waals surface area contributed by atoms with Crippen molar-refractivity contribution in [1.82, 2.24) is 9.88 Å². The van der Waals surface area contributed by atoms with Gasteiger partial charge in [-0.1, -0.05) is 17.7 Å². The van der Waals surface area contributed by atoms with Crippen molar-refractivity contribution in [2.24, 2.45) is 0 Å². The lowest BCUT2D eigenvalue weighted by atomic mass is 10.1. The molecule has 2 aromatic rings. The van der Waals surface area contributed by atoms with Gasteiger partial charge in [0.05, 0.1) is 0 Å². The molecule has 110 valence electrons. The van der Waals surface area contributed by atoms with Crippen LogP contribution in [0.2, 0.25) is 5.02 Å². The molecule has 0 N–H and O–H groups in total. The maximum absolute atomic E-state index is 12.1. The minimum atomic E-state index is 0.149. The topological polar surface area (TPSA) is 33.2 Å². The van der Waals surface area contributed by atoms with Crippen molar-refractivity contribution >= 4 is 17.4 Å². The van der Waals surface area contributed by atoms with Crippen LogP contribution < -0.4 is 0 Å². The van der Waals surface area contributed by atoms with Gasteiger partial charge in [0.15, 0.2) is 5.78 Å². The highest BCUT2D eigenvalue weighted by Gasteiger charge is 2.07. The summed E-state index contributed by atoms with van der Waals surface area (Å²) in [4.78, 5) is 18.5. The molecule has 1 aromatic carbocycles. The molecule has 0 aliphatic heterocycles. The first-order chi connectivity index (χ1) is 10.1. The summed E-state index contributed by atoms with van der Waals surface area (Å²) in [7, 11) is 2.03. The highest BCUT2D eigenvalue weighted by Crippen LogP contribution is 2.11. The Balaban J connectivity index is 1.74. The number of Topliss-reactive ketones (excluding diaryl/α,β-unsaturated/α-hetero) is 1. The average Bonchev–Trinajstić information content (AvgIpc) is 2.52. The number of likely N-dealkylation sites (N-methyl/N-ethyl adjacent to an activating group) is 1. The van der Waals surface area contributed by atoms with Gasteiger partial charge in [0.2, 0.25) is 0 Å². The Kier molecular flexibility index (Phi) is 5.90. The fraction of sp³-hybridized carbons (Fsp3) is 0.294. The van der Waals surface area contributed by atoms with E-state index in [1.807, 2.05) is 25.2 Å². The van der Waals surface area contributed by atoms with E-state index in [0.29, 0.717) is 11.4 Å². The van der Waals surface area contributed by atoms with Crippen LogP contribution in [0.15, 0.2) is 48.7 Å². The highest BCUT2D eigenvalue weighted by molar-refractivity contribution is 6.30. The summed E-state index contributed by atoms with van der Waals surface area (Å²) >= 11 is 5.82. The molecule has 0 aliphatic rings. The average molecular weight is 303 g/mol. The molecule has 0 aliphatic carbocycles. The van der Waals surface area contributed by atoms with Gasteiger partial charge in [-0.2, -0.15) is 0 Å². The summed E-state index contributed by atoms with van der Waals surface area (Å²) in [5.74, 6) is 0.149. The number of carbonyl (C=O) groups is 1. The third-order valence-electron chi connectivity index (χ3n) is 3.36. The van der Waals surface area contributed by atoms with Crippen LogP contribution in [0.4, 0.5) is 0 Å². The van der Waals surface area contributed by atoms with E-state index in [-0.39, 0.29) is 5.78 Å². The van der Waals surface area contributed by atoms with Crippen LogP contribution in [-0.4, -0.2) is 35.8 Å². The first-order valence-electron chi connectivity index (χ1n) is 7.02. The van der Waals surface area contributed by atoms with Gasteiger partial charge in [-0.3, -0.25) is 9.78 Å². The zero-order valence-electron chi connectivity index (χ0n) is 12.1. The molecule has 1 heterocycles. The normalized spacial score (nSPS) is 10.8. The van der Waals surface area contributed by atoms with E-state index in [2.05, 4.69) is 9.88 Å². The quantitative estimate of drug-likeness (QED) is 0.734. The molecule has 0 fully saturated rings. The minimum Gasteiger partial charge on any atom is -0.306 e. The van der Waals surface area contributed by atoms with Gasteiger partial charge < -0.3 is 4.90 Å². The lowest BCUT2D eigenvalue weighted by molar-refractivity contribution is 0.0969. The number of hydrogen-bond donors (Lipinski definition) is 0. The van der Waals surface area contributed by atoms with Crippen molar-refractivity contribution < 1.29 is 4.79 Å². The zero-order chi connectivity index (χ0) is 15.1. The summed E-state index contributed by atoms with van der Waals surface area (Å²) in [5.41, 5.74) is 1.80. The number of carbonyl (C=O) groups excluding carboxylic acids is 1. The minimum absolute atomic E-state index is 0.149. The Bertz CT molecular complexity index is 569. The second-order valence-corrected chi connectivity index (χ2v) is 5.49. The Hall–Kier alpha value is -1.71. The third-order valence-corrected chi connectivity index (χ3v) is 3.61. The monoisotopic (exact) mass is 302 g/mol. The van der Waals surface area contributed by atoms with E-state index in [0.717, 1.165) is 30.8 Å². The molecule has 0 bridgehead atoms. The maximum Gasteiger partial charge on any atom is 0.164 e. The molecule has 0 saturated heterocycles. The van der Waals surface area contributed by atoms with Gasteiger partial charge in [0.25, 0.3) is 0 Å². The van der Waals surface area contributed by atoms with Gasteiger partial charge in [0.1, 0.15) is 0 Å². The van der Waals surface area contributed by atoms with E-state index in [1.165, 1.54) is 0 Å². The number of halogens is 1. The van der Waals surface area contributed by atoms with Gasteiger partial charge in [0, 0.05) is 48.4 Å².